The average molecular weight is 402 g/mol. The number of hydrogen-bond acceptors (Lipinski definition) is 3. The first-order chi connectivity index (χ1) is 13.8. The number of alkyl halides is 3. The smallest absolute Gasteiger partial charge is 0.416 e. The van der Waals surface area contributed by atoms with Crippen LogP contribution in [0.3, 0.4) is 0 Å². The predicted octanol–water partition coefficient (Wildman–Crippen LogP) is 4.52. The Hall–Kier alpha value is -2.41. The van der Waals surface area contributed by atoms with Crippen molar-refractivity contribution >= 4 is 5.97 Å². The highest BCUT2D eigenvalue weighted by Crippen LogP contribution is 2.51. The number of benzene rings is 1. The third-order valence-corrected chi connectivity index (χ3v) is 6.80. The fraction of sp³-hybridized carbons (Fsp3) is 0.455. The Morgan fingerprint density at radius 1 is 1.03 bits per heavy atom. The van der Waals surface area contributed by atoms with Crippen molar-refractivity contribution in [3.05, 3.63) is 53.3 Å². The van der Waals surface area contributed by atoms with Crippen LogP contribution in [-0.2, 0) is 6.18 Å². The van der Waals surface area contributed by atoms with E-state index in [1.54, 1.807) is 12.3 Å². The van der Waals surface area contributed by atoms with Gasteiger partial charge in [-0.1, -0.05) is 12.1 Å². The molecule has 1 aromatic carbocycles. The summed E-state index contributed by atoms with van der Waals surface area (Å²) in [5.74, 6) is 0.696. The van der Waals surface area contributed by atoms with Gasteiger partial charge in [-0.3, -0.25) is 4.98 Å². The van der Waals surface area contributed by atoms with Crippen molar-refractivity contribution in [2.45, 2.75) is 24.9 Å². The zero-order chi connectivity index (χ0) is 20.3. The fourth-order valence-electron chi connectivity index (χ4n) is 5.78. The van der Waals surface area contributed by atoms with E-state index in [9.17, 15) is 23.1 Å². The van der Waals surface area contributed by atoms with Crippen LogP contribution in [0, 0.1) is 17.8 Å². The number of carbonyl (C=O) groups is 1. The maximum atomic E-state index is 12.8. The van der Waals surface area contributed by atoms with E-state index in [2.05, 4.69) is 9.88 Å². The average Bonchev–Trinajstić information content (AvgIpc) is 2.66. The van der Waals surface area contributed by atoms with Crippen LogP contribution in [0.4, 0.5) is 13.2 Å². The molecule has 4 bridgehead atoms. The molecular formula is C22H21F3N2O2. The van der Waals surface area contributed by atoms with Crippen LogP contribution in [0.25, 0.3) is 11.1 Å². The minimum atomic E-state index is -4.40. The Morgan fingerprint density at radius 3 is 2.24 bits per heavy atom. The number of aromatic nitrogens is 1. The van der Waals surface area contributed by atoms with Gasteiger partial charge < -0.3 is 10.0 Å². The van der Waals surface area contributed by atoms with Gasteiger partial charge in [0.1, 0.15) is 0 Å². The van der Waals surface area contributed by atoms with E-state index in [0.717, 1.165) is 44.6 Å². The van der Waals surface area contributed by atoms with Crippen LogP contribution in [-0.4, -0.2) is 40.6 Å². The summed E-state index contributed by atoms with van der Waals surface area (Å²) < 4.78 is 38.4. The Bertz CT molecular complexity index is 928. The topological polar surface area (TPSA) is 53.4 Å². The highest BCUT2D eigenvalue weighted by atomic mass is 19.4. The summed E-state index contributed by atoms with van der Waals surface area (Å²) in [6.45, 7) is 3.16. The number of rotatable bonds is 3. The zero-order valence-electron chi connectivity index (χ0n) is 15.7. The first-order valence-electron chi connectivity index (χ1n) is 9.93. The summed E-state index contributed by atoms with van der Waals surface area (Å²) in [6.07, 6.45) is -0.545. The predicted molar refractivity (Wildman–Crippen MR) is 101 cm³/mol. The highest BCUT2D eigenvalue weighted by Gasteiger charge is 2.49. The number of carboxylic acids is 1. The molecule has 1 aliphatic carbocycles. The van der Waals surface area contributed by atoms with E-state index < -0.39 is 17.7 Å². The molecule has 7 heteroatoms. The second-order valence-corrected chi connectivity index (χ2v) is 8.64. The molecule has 3 saturated heterocycles. The lowest BCUT2D eigenvalue weighted by Crippen LogP contribution is -2.57. The first kappa shape index (κ1) is 18.6. The second-order valence-electron chi connectivity index (χ2n) is 8.64. The Kier molecular flexibility index (Phi) is 4.21. The summed E-state index contributed by atoms with van der Waals surface area (Å²) in [6, 6.07) is 6.31. The van der Waals surface area contributed by atoms with Crippen molar-refractivity contribution in [1.82, 2.24) is 9.88 Å². The van der Waals surface area contributed by atoms with Gasteiger partial charge in [-0.25, -0.2) is 4.79 Å². The van der Waals surface area contributed by atoms with Crippen LogP contribution in [0.5, 0.6) is 0 Å². The monoisotopic (exact) mass is 402 g/mol. The summed E-state index contributed by atoms with van der Waals surface area (Å²) in [5.41, 5.74) is 1.13. The van der Waals surface area contributed by atoms with Gasteiger partial charge >= 0.3 is 12.1 Å². The summed E-state index contributed by atoms with van der Waals surface area (Å²) >= 11 is 0. The van der Waals surface area contributed by atoms with Crippen molar-refractivity contribution in [1.29, 1.82) is 0 Å². The molecule has 152 valence electrons. The molecule has 4 nitrogen and oxygen atoms in total. The highest BCUT2D eigenvalue weighted by molar-refractivity contribution is 5.90. The van der Waals surface area contributed by atoms with Gasteiger partial charge in [-0.2, -0.15) is 13.2 Å². The van der Waals surface area contributed by atoms with Crippen molar-refractivity contribution in [2.75, 3.05) is 19.6 Å². The van der Waals surface area contributed by atoms with Gasteiger partial charge in [-0.15, -0.1) is 0 Å². The lowest BCUT2D eigenvalue weighted by molar-refractivity contribution is -0.137. The lowest BCUT2D eigenvalue weighted by Gasteiger charge is -2.55. The molecular weight excluding hydrogens is 381 g/mol. The van der Waals surface area contributed by atoms with E-state index in [1.807, 2.05) is 0 Å². The molecule has 0 amide bonds. The second kappa shape index (κ2) is 6.55. The summed E-state index contributed by atoms with van der Waals surface area (Å²) in [4.78, 5) is 19.1. The van der Waals surface area contributed by atoms with Gasteiger partial charge in [0, 0.05) is 37.3 Å². The van der Waals surface area contributed by atoms with Crippen molar-refractivity contribution < 1.29 is 23.1 Å². The van der Waals surface area contributed by atoms with E-state index in [1.165, 1.54) is 12.1 Å². The molecule has 6 rings (SSSR count). The molecule has 1 N–H and O–H groups in total. The van der Waals surface area contributed by atoms with Crippen molar-refractivity contribution in [3.63, 3.8) is 0 Å². The number of aromatic carboxylic acids is 1. The van der Waals surface area contributed by atoms with Gasteiger partial charge in [0.25, 0.3) is 0 Å². The molecule has 4 aliphatic rings. The Balaban J connectivity index is 1.50. The standard InChI is InChI=1S/C22H21F3N2O2/c23-22(24,25)17-3-1-13(2-4-17)14-7-18(21(28)29)20(26-8-14)19-15-5-12-6-16(19)11-27(9-12)10-15/h1-4,7-8,12,15-16,19H,5-6,9-11H2,(H,28,29). The molecule has 4 fully saturated rings. The fourth-order valence-corrected chi connectivity index (χ4v) is 5.78. The molecule has 2 atom stereocenters. The van der Waals surface area contributed by atoms with Crippen LogP contribution in [0.2, 0.25) is 0 Å². The van der Waals surface area contributed by atoms with E-state index in [4.69, 9.17) is 0 Å². The molecule has 0 radical (unpaired) electrons. The van der Waals surface area contributed by atoms with Gasteiger partial charge in [-0.05, 0) is 54.4 Å². The summed E-state index contributed by atoms with van der Waals surface area (Å²) in [5, 5.41) is 9.84. The van der Waals surface area contributed by atoms with Crippen LogP contribution < -0.4 is 0 Å². The number of piperidine rings is 3. The van der Waals surface area contributed by atoms with Crippen molar-refractivity contribution in [3.8, 4) is 11.1 Å². The molecule has 2 unspecified atom stereocenters. The number of halogens is 3. The minimum Gasteiger partial charge on any atom is -0.478 e. The third-order valence-electron chi connectivity index (χ3n) is 6.80. The summed E-state index contributed by atoms with van der Waals surface area (Å²) in [7, 11) is 0. The first-order valence-corrected chi connectivity index (χ1v) is 9.93. The number of nitrogens with zero attached hydrogens (tertiary/aromatic N) is 2. The zero-order valence-corrected chi connectivity index (χ0v) is 15.7. The van der Waals surface area contributed by atoms with Crippen LogP contribution in [0.1, 0.15) is 40.4 Å². The van der Waals surface area contributed by atoms with Crippen molar-refractivity contribution in [2.24, 2.45) is 17.8 Å². The third kappa shape index (κ3) is 3.21. The molecule has 4 heterocycles. The van der Waals surface area contributed by atoms with Crippen LogP contribution >= 0.6 is 0 Å². The maximum absolute atomic E-state index is 12.8. The van der Waals surface area contributed by atoms with E-state index >= 15 is 0 Å². The van der Waals surface area contributed by atoms with Gasteiger partial charge in [0.2, 0.25) is 0 Å². The maximum Gasteiger partial charge on any atom is 0.416 e. The quantitative estimate of drug-likeness (QED) is 0.820. The Labute approximate surface area is 166 Å². The van der Waals surface area contributed by atoms with E-state index in [0.29, 0.717) is 34.6 Å². The molecule has 2 aromatic rings. The SMILES string of the molecule is O=C(O)c1cc(-c2ccc(C(F)(F)F)cc2)cnc1C1C2CC3CC1CN(C3)C2. The number of hydrogen-bond donors (Lipinski definition) is 1. The minimum absolute atomic E-state index is 0.149. The van der Waals surface area contributed by atoms with Gasteiger partial charge in [0.15, 0.2) is 0 Å². The molecule has 0 spiro atoms. The number of pyridine rings is 1. The normalized spacial score (nSPS) is 30.5. The van der Waals surface area contributed by atoms with E-state index in [-0.39, 0.29) is 11.5 Å². The molecule has 29 heavy (non-hydrogen) atoms. The van der Waals surface area contributed by atoms with Crippen LogP contribution in [0.15, 0.2) is 36.5 Å². The van der Waals surface area contributed by atoms with Gasteiger partial charge in [0.05, 0.1) is 16.8 Å². The molecule has 1 saturated carbocycles. The largest absolute Gasteiger partial charge is 0.478 e. The number of carboxylic acid groups (broad SMARTS) is 1. The molecule has 1 aromatic heterocycles. The lowest BCUT2D eigenvalue weighted by atomic mass is 9.60. The Morgan fingerprint density at radius 2 is 1.69 bits per heavy atom. The molecule has 3 aliphatic heterocycles.